The minimum atomic E-state index is -1.13. The van der Waals surface area contributed by atoms with Crippen LogP contribution < -0.4 is 0 Å². The molecule has 1 fully saturated rings. The summed E-state index contributed by atoms with van der Waals surface area (Å²) in [5, 5.41) is 10.4. The molecule has 0 saturated carbocycles. The maximum absolute atomic E-state index is 12.3. The highest BCUT2D eigenvalue weighted by Crippen LogP contribution is 2.42. The van der Waals surface area contributed by atoms with Gasteiger partial charge in [-0.3, -0.25) is 4.79 Å². The van der Waals surface area contributed by atoms with Crippen molar-refractivity contribution in [2.75, 3.05) is 19.8 Å². The maximum atomic E-state index is 12.3. The summed E-state index contributed by atoms with van der Waals surface area (Å²) in [6.07, 6.45) is 0.986. The molecule has 0 radical (unpaired) electrons. The second-order valence-electron chi connectivity index (χ2n) is 8.66. The van der Waals surface area contributed by atoms with E-state index in [1.54, 1.807) is 0 Å². The number of esters is 1. The summed E-state index contributed by atoms with van der Waals surface area (Å²) in [4.78, 5) is 12.3. The van der Waals surface area contributed by atoms with Gasteiger partial charge in [-0.2, -0.15) is 0 Å². The molecule has 0 bridgehead atoms. The van der Waals surface area contributed by atoms with Gasteiger partial charge < -0.3 is 19.3 Å². The summed E-state index contributed by atoms with van der Waals surface area (Å²) in [6, 6.07) is 30.1. The fourth-order valence-corrected chi connectivity index (χ4v) is 4.64. The lowest BCUT2D eigenvalue weighted by molar-refractivity contribution is -0.180. The van der Waals surface area contributed by atoms with Gasteiger partial charge in [0.15, 0.2) is 5.60 Å². The zero-order valence-electron chi connectivity index (χ0n) is 19.6. The molecule has 0 aromatic heterocycles. The van der Waals surface area contributed by atoms with Crippen LogP contribution in [0.1, 0.15) is 42.9 Å². The van der Waals surface area contributed by atoms with E-state index in [1.165, 1.54) is 0 Å². The predicted octanol–water partition coefficient (Wildman–Crippen LogP) is 4.86. The van der Waals surface area contributed by atoms with Crippen LogP contribution in [0.2, 0.25) is 0 Å². The van der Waals surface area contributed by atoms with E-state index in [0.717, 1.165) is 16.7 Å². The van der Waals surface area contributed by atoms with Crippen LogP contribution >= 0.6 is 0 Å². The molecule has 1 unspecified atom stereocenters. The third-order valence-electron chi connectivity index (χ3n) is 6.43. The minimum absolute atomic E-state index is 0.0479. The van der Waals surface area contributed by atoms with Crippen molar-refractivity contribution in [3.63, 3.8) is 0 Å². The van der Waals surface area contributed by atoms with Crippen LogP contribution in [-0.2, 0) is 24.6 Å². The molecule has 178 valence electrons. The molecule has 1 saturated heterocycles. The molecular formula is C29H32O5. The number of carbonyl (C=O) groups excluding carboxylic acids is 1. The highest BCUT2D eigenvalue weighted by Gasteiger charge is 2.49. The van der Waals surface area contributed by atoms with Crippen LogP contribution in [0.3, 0.4) is 0 Å². The van der Waals surface area contributed by atoms with Crippen molar-refractivity contribution in [3.05, 3.63) is 108 Å². The van der Waals surface area contributed by atoms with Gasteiger partial charge in [-0.05, 0) is 23.1 Å². The Bertz CT molecular complexity index is 941. The van der Waals surface area contributed by atoms with Crippen molar-refractivity contribution in [2.45, 2.75) is 43.5 Å². The molecule has 1 heterocycles. The Morgan fingerprint density at radius 2 is 1.44 bits per heavy atom. The van der Waals surface area contributed by atoms with E-state index in [9.17, 15) is 9.90 Å². The molecule has 1 aliphatic rings. The van der Waals surface area contributed by atoms with Crippen molar-refractivity contribution >= 4 is 5.97 Å². The average molecular weight is 461 g/mol. The quantitative estimate of drug-likeness (QED) is 0.346. The summed E-state index contributed by atoms with van der Waals surface area (Å²) in [5.74, 6) is -0.281. The molecule has 0 aliphatic carbocycles. The number of hydrogen-bond acceptors (Lipinski definition) is 5. The van der Waals surface area contributed by atoms with Gasteiger partial charge in [-0.25, -0.2) is 0 Å². The monoisotopic (exact) mass is 460 g/mol. The lowest BCUT2D eigenvalue weighted by Gasteiger charge is -2.40. The maximum Gasteiger partial charge on any atom is 0.306 e. The van der Waals surface area contributed by atoms with E-state index >= 15 is 0 Å². The van der Waals surface area contributed by atoms with E-state index in [1.807, 2.05) is 97.9 Å². The van der Waals surface area contributed by atoms with E-state index in [0.29, 0.717) is 25.9 Å². The number of ether oxygens (including phenoxy) is 3. The molecule has 1 N–H and O–H groups in total. The van der Waals surface area contributed by atoms with Crippen LogP contribution in [0, 0.1) is 0 Å². The van der Waals surface area contributed by atoms with E-state index < -0.39 is 17.3 Å². The van der Waals surface area contributed by atoms with E-state index in [4.69, 9.17) is 14.2 Å². The van der Waals surface area contributed by atoms with Crippen molar-refractivity contribution < 1.29 is 24.1 Å². The van der Waals surface area contributed by atoms with E-state index in [2.05, 4.69) is 0 Å². The molecule has 5 heteroatoms. The zero-order valence-corrected chi connectivity index (χ0v) is 19.6. The molecule has 5 nitrogen and oxygen atoms in total. The molecule has 1 aliphatic heterocycles. The lowest BCUT2D eigenvalue weighted by Crippen LogP contribution is -2.51. The summed E-state index contributed by atoms with van der Waals surface area (Å²) in [6.45, 7) is 2.06. The first-order valence-corrected chi connectivity index (χ1v) is 11.9. The van der Waals surface area contributed by atoms with Crippen molar-refractivity contribution in [1.82, 2.24) is 0 Å². The Kier molecular flexibility index (Phi) is 7.78. The first-order valence-electron chi connectivity index (χ1n) is 11.9. The van der Waals surface area contributed by atoms with Crippen LogP contribution in [0.4, 0.5) is 0 Å². The number of carbonyl (C=O) groups is 1. The van der Waals surface area contributed by atoms with Crippen LogP contribution in [0.5, 0.6) is 0 Å². The SMILES string of the molecule is CCCC(=O)OC1CCO[C@]1(CO)COC(c1ccccc1)(c1ccccc1)c1ccccc1. The normalized spacial score (nSPS) is 20.2. The highest BCUT2D eigenvalue weighted by atomic mass is 16.6. The molecule has 0 spiro atoms. The Hall–Kier alpha value is -2.99. The summed E-state index contributed by atoms with van der Waals surface area (Å²) >= 11 is 0. The predicted molar refractivity (Wildman–Crippen MR) is 130 cm³/mol. The molecule has 2 atom stereocenters. The van der Waals surface area contributed by atoms with Gasteiger partial charge in [-0.15, -0.1) is 0 Å². The van der Waals surface area contributed by atoms with Crippen LogP contribution in [-0.4, -0.2) is 42.6 Å². The standard InChI is InChI=1S/C29H32O5/c1-2-12-27(31)34-26-19-20-32-28(26,21-30)22-33-29(23-13-6-3-7-14-23,24-15-8-4-9-16-24)25-17-10-5-11-18-25/h3-11,13-18,26,30H,2,12,19-22H2,1H3/t26?,28-/m1/s1. The van der Waals surface area contributed by atoms with E-state index in [-0.39, 0.29) is 19.2 Å². The molecule has 0 amide bonds. The average Bonchev–Trinajstić information content (AvgIpc) is 3.29. The Labute approximate surface area is 201 Å². The number of aliphatic hydroxyl groups excluding tert-OH is 1. The number of hydrogen-bond donors (Lipinski definition) is 1. The lowest BCUT2D eigenvalue weighted by atomic mass is 9.80. The van der Waals surface area contributed by atoms with Crippen molar-refractivity contribution in [1.29, 1.82) is 0 Å². The minimum Gasteiger partial charge on any atom is -0.459 e. The number of aliphatic hydroxyl groups is 1. The fraction of sp³-hybridized carbons (Fsp3) is 0.345. The van der Waals surface area contributed by atoms with Crippen LogP contribution in [0.25, 0.3) is 0 Å². The third-order valence-corrected chi connectivity index (χ3v) is 6.43. The smallest absolute Gasteiger partial charge is 0.306 e. The third kappa shape index (κ3) is 4.78. The summed E-state index contributed by atoms with van der Waals surface area (Å²) in [7, 11) is 0. The van der Waals surface area contributed by atoms with Crippen molar-refractivity contribution in [3.8, 4) is 0 Å². The summed E-state index contributed by atoms with van der Waals surface area (Å²) in [5.41, 5.74) is 0.789. The van der Waals surface area contributed by atoms with Gasteiger partial charge in [-0.1, -0.05) is 97.9 Å². The molecule has 3 aromatic rings. The van der Waals surface area contributed by atoms with Crippen molar-refractivity contribution in [2.24, 2.45) is 0 Å². The molecule has 4 rings (SSSR count). The van der Waals surface area contributed by atoms with Gasteiger partial charge in [0.1, 0.15) is 11.7 Å². The van der Waals surface area contributed by atoms with Gasteiger partial charge in [0.05, 0.1) is 19.8 Å². The van der Waals surface area contributed by atoms with Gasteiger partial charge >= 0.3 is 5.97 Å². The zero-order chi connectivity index (χ0) is 23.9. The Morgan fingerprint density at radius 1 is 0.941 bits per heavy atom. The second kappa shape index (κ2) is 11.0. The summed E-state index contributed by atoms with van der Waals surface area (Å²) < 4.78 is 18.6. The topological polar surface area (TPSA) is 65.0 Å². The van der Waals surface area contributed by atoms with Gasteiger partial charge in [0.2, 0.25) is 0 Å². The largest absolute Gasteiger partial charge is 0.459 e. The first kappa shape index (κ1) is 24.1. The number of benzene rings is 3. The molecule has 34 heavy (non-hydrogen) atoms. The highest BCUT2D eigenvalue weighted by molar-refractivity contribution is 5.69. The molecule has 3 aromatic carbocycles. The molecular weight excluding hydrogens is 428 g/mol. The Balaban J connectivity index is 1.76. The van der Waals surface area contributed by atoms with Gasteiger partial charge in [0, 0.05) is 12.8 Å². The first-order chi connectivity index (χ1) is 16.6. The van der Waals surface area contributed by atoms with Crippen LogP contribution in [0.15, 0.2) is 91.0 Å². The second-order valence-corrected chi connectivity index (χ2v) is 8.66. The fourth-order valence-electron chi connectivity index (χ4n) is 4.64. The Morgan fingerprint density at radius 3 is 1.88 bits per heavy atom. The number of rotatable bonds is 10. The van der Waals surface area contributed by atoms with Gasteiger partial charge in [0.25, 0.3) is 0 Å².